The number of halogens is 1. The maximum absolute atomic E-state index is 14.7. The van der Waals surface area contributed by atoms with Crippen molar-refractivity contribution in [1.82, 2.24) is 15.0 Å². The van der Waals surface area contributed by atoms with Gasteiger partial charge in [-0.25, -0.2) is 4.39 Å². The molecule has 2 unspecified atom stereocenters. The van der Waals surface area contributed by atoms with Crippen molar-refractivity contribution < 1.29 is 14.2 Å². The number of fused-ring (bicyclic) bond motifs is 2. The number of pyridine rings is 1. The van der Waals surface area contributed by atoms with Crippen molar-refractivity contribution in [2.45, 2.75) is 33.1 Å². The molecule has 1 saturated heterocycles. The maximum Gasteiger partial charge on any atom is 0.318 e. The number of aromatic hydroxyl groups is 1. The van der Waals surface area contributed by atoms with Gasteiger partial charge in [-0.3, -0.25) is 4.98 Å². The van der Waals surface area contributed by atoms with Crippen LogP contribution in [-0.2, 0) is 6.42 Å². The van der Waals surface area contributed by atoms with Gasteiger partial charge in [0, 0.05) is 30.2 Å². The van der Waals surface area contributed by atoms with Gasteiger partial charge in [0.2, 0.25) is 0 Å². The third-order valence-corrected chi connectivity index (χ3v) is 7.19. The Bertz CT molecular complexity index is 1410. The minimum absolute atomic E-state index is 0.103. The van der Waals surface area contributed by atoms with Crippen LogP contribution in [0.1, 0.15) is 32.3 Å². The van der Waals surface area contributed by atoms with E-state index in [0.717, 1.165) is 46.8 Å². The molecule has 0 spiro atoms. The molecule has 1 aliphatic heterocycles. The zero-order chi connectivity index (χ0) is 24.0. The Hall–Kier alpha value is -3.05. The third-order valence-electron chi connectivity index (χ3n) is 6.64. The summed E-state index contributed by atoms with van der Waals surface area (Å²) < 4.78 is 20.2. The Kier molecular flexibility index (Phi) is 5.98. The second kappa shape index (κ2) is 8.95. The summed E-state index contributed by atoms with van der Waals surface area (Å²) in [6.07, 6.45) is 4.62. The molecule has 0 amide bonds. The Morgan fingerprint density at radius 2 is 2.09 bits per heavy atom. The Balaban J connectivity index is 1.78. The smallest absolute Gasteiger partial charge is 0.318 e. The van der Waals surface area contributed by atoms with Crippen LogP contribution in [0.25, 0.3) is 32.9 Å². The number of aryl methyl sites for hydroxylation is 1. The molecule has 2 aromatic carbocycles. The molecule has 2 aromatic heterocycles. The van der Waals surface area contributed by atoms with E-state index in [1.165, 1.54) is 12.5 Å². The number of ether oxygens (including phenoxy) is 1. The summed E-state index contributed by atoms with van der Waals surface area (Å²) in [7, 11) is 4.31. The molecule has 3 heterocycles. The summed E-state index contributed by atoms with van der Waals surface area (Å²) in [6, 6.07) is 6.74. The Morgan fingerprint density at radius 3 is 2.82 bits per heavy atom. The first-order chi connectivity index (χ1) is 16.4. The SMILES string of the molecule is CCc1c(F)ccc2cc(O)cc(-c3ncc4c(N5CCCC(C)C5)nc(OC)nc4c3P)c12. The molecule has 4 aromatic rings. The van der Waals surface area contributed by atoms with Crippen molar-refractivity contribution in [3.8, 4) is 23.0 Å². The number of phenols is 1. The third kappa shape index (κ3) is 3.82. The maximum atomic E-state index is 14.7. The fourth-order valence-electron chi connectivity index (χ4n) is 5.03. The van der Waals surface area contributed by atoms with E-state index in [2.05, 4.69) is 31.0 Å². The molecular weight excluding hydrogens is 450 g/mol. The molecule has 176 valence electrons. The van der Waals surface area contributed by atoms with Crippen molar-refractivity contribution in [1.29, 1.82) is 0 Å². The van der Waals surface area contributed by atoms with Gasteiger partial charge in [0.15, 0.2) is 0 Å². The van der Waals surface area contributed by atoms with Crippen LogP contribution < -0.4 is 14.9 Å². The van der Waals surface area contributed by atoms with Gasteiger partial charge < -0.3 is 14.7 Å². The number of aromatic nitrogens is 3. The molecule has 0 aliphatic carbocycles. The van der Waals surface area contributed by atoms with E-state index in [0.29, 0.717) is 40.7 Å². The number of methoxy groups -OCH3 is 1. The molecule has 5 rings (SSSR count). The number of hydrogen-bond donors (Lipinski definition) is 1. The van der Waals surface area contributed by atoms with Crippen LogP contribution in [0.5, 0.6) is 11.8 Å². The van der Waals surface area contributed by atoms with Gasteiger partial charge in [-0.05, 0) is 59.7 Å². The molecule has 1 aliphatic rings. The van der Waals surface area contributed by atoms with Crippen molar-refractivity contribution in [2.75, 3.05) is 25.1 Å². The second-order valence-electron chi connectivity index (χ2n) is 8.98. The highest BCUT2D eigenvalue weighted by molar-refractivity contribution is 7.28. The number of rotatable bonds is 4. The van der Waals surface area contributed by atoms with Crippen molar-refractivity contribution in [3.05, 3.63) is 41.8 Å². The molecule has 34 heavy (non-hydrogen) atoms. The van der Waals surface area contributed by atoms with E-state index >= 15 is 0 Å². The minimum Gasteiger partial charge on any atom is -0.508 e. The first-order valence-electron chi connectivity index (χ1n) is 11.6. The molecular formula is C26H28FN4O2P. The fourth-order valence-corrected chi connectivity index (χ4v) is 5.48. The highest BCUT2D eigenvalue weighted by atomic mass is 31.0. The topological polar surface area (TPSA) is 71.4 Å². The van der Waals surface area contributed by atoms with Crippen LogP contribution in [0.15, 0.2) is 30.5 Å². The van der Waals surface area contributed by atoms with Crippen molar-refractivity contribution in [3.63, 3.8) is 0 Å². The highest BCUT2D eigenvalue weighted by Crippen LogP contribution is 2.37. The Morgan fingerprint density at radius 1 is 1.26 bits per heavy atom. The quantitative estimate of drug-likeness (QED) is 0.417. The first kappa shape index (κ1) is 22.7. The van der Waals surface area contributed by atoms with E-state index in [1.807, 2.05) is 6.92 Å². The molecule has 1 fully saturated rings. The number of phenolic OH excluding ortho intramolecular Hbond substituents is 1. The molecule has 0 bridgehead atoms. The van der Waals surface area contributed by atoms with Crippen molar-refractivity contribution >= 4 is 42.0 Å². The van der Waals surface area contributed by atoms with Gasteiger partial charge in [0.25, 0.3) is 0 Å². The summed E-state index contributed by atoms with van der Waals surface area (Å²) in [5, 5.41) is 13.6. The van der Waals surface area contributed by atoms with E-state index in [-0.39, 0.29) is 11.6 Å². The van der Waals surface area contributed by atoms with Crippen LogP contribution in [0, 0.1) is 11.7 Å². The van der Waals surface area contributed by atoms with Crippen LogP contribution in [0.2, 0.25) is 0 Å². The standard InChI is InChI=1S/C26H28FN4O2P/c1-4-17-20(27)8-7-15-10-16(32)11-18(21(15)17)22-24(34)23-19(12-28-22)25(30-26(29-23)33-3)31-9-5-6-14(2)13-31/h7-8,10-12,14,32H,4-6,9,13,34H2,1-3H3. The summed E-state index contributed by atoms with van der Waals surface area (Å²) in [5.41, 5.74) is 2.60. The number of benzene rings is 2. The normalized spacial score (nSPS) is 16.4. The van der Waals surface area contributed by atoms with Gasteiger partial charge >= 0.3 is 6.01 Å². The first-order valence-corrected chi connectivity index (χ1v) is 12.2. The van der Waals surface area contributed by atoms with Gasteiger partial charge in [-0.2, -0.15) is 9.97 Å². The number of piperidine rings is 1. The monoisotopic (exact) mass is 478 g/mol. The summed E-state index contributed by atoms with van der Waals surface area (Å²) in [6.45, 7) is 6.01. The van der Waals surface area contributed by atoms with Crippen LogP contribution in [0.3, 0.4) is 0 Å². The Labute approximate surface area is 200 Å². The average molecular weight is 479 g/mol. The number of hydrogen-bond acceptors (Lipinski definition) is 6. The van der Waals surface area contributed by atoms with E-state index < -0.39 is 0 Å². The summed E-state index contributed by atoms with van der Waals surface area (Å²) in [4.78, 5) is 16.4. The van der Waals surface area contributed by atoms with E-state index in [1.54, 1.807) is 31.5 Å². The lowest BCUT2D eigenvalue weighted by molar-refractivity contribution is 0.380. The number of nitrogens with zero attached hydrogens (tertiary/aromatic N) is 4. The molecule has 6 nitrogen and oxygen atoms in total. The van der Waals surface area contributed by atoms with E-state index in [9.17, 15) is 9.50 Å². The molecule has 0 radical (unpaired) electrons. The lowest BCUT2D eigenvalue weighted by Gasteiger charge is -2.32. The zero-order valence-electron chi connectivity index (χ0n) is 19.6. The van der Waals surface area contributed by atoms with Gasteiger partial charge in [0.1, 0.15) is 17.4 Å². The highest BCUT2D eigenvalue weighted by Gasteiger charge is 2.24. The van der Waals surface area contributed by atoms with Crippen LogP contribution in [0.4, 0.5) is 10.2 Å². The zero-order valence-corrected chi connectivity index (χ0v) is 20.8. The van der Waals surface area contributed by atoms with Gasteiger partial charge in [-0.15, -0.1) is 9.24 Å². The van der Waals surface area contributed by atoms with Crippen LogP contribution >= 0.6 is 9.24 Å². The molecule has 1 N–H and O–H groups in total. The van der Waals surface area contributed by atoms with Gasteiger partial charge in [0.05, 0.1) is 23.7 Å². The predicted octanol–water partition coefficient (Wildman–Crippen LogP) is 5.00. The van der Waals surface area contributed by atoms with Crippen LogP contribution in [-0.4, -0.2) is 40.3 Å². The molecule has 2 atom stereocenters. The fraction of sp³-hybridized carbons (Fsp3) is 0.346. The predicted molar refractivity (Wildman–Crippen MR) is 138 cm³/mol. The molecule has 0 saturated carbocycles. The van der Waals surface area contributed by atoms with E-state index in [4.69, 9.17) is 9.72 Å². The molecule has 8 heteroatoms. The van der Waals surface area contributed by atoms with Crippen molar-refractivity contribution in [2.24, 2.45) is 5.92 Å². The average Bonchev–Trinajstić information content (AvgIpc) is 2.83. The number of anilines is 1. The lowest BCUT2D eigenvalue weighted by atomic mass is 9.94. The second-order valence-corrected chi connectivity index (χ2v) is 9.56. The largest absolute Gasteiger partial charge is 0.508 e. The summed E-state index contributed by atoms with van der Waals surface area (Å²) in [5.74, 6) is 1.23. The van der Waals surface area contributed by atoms with Gasteiger partial charge in [-0.1, -0.05) is 19.9 Å². The minimum atomic E-state index is -0.265. The summed E-state index contributed by atoms with van der Waals surface area (Å²) >= 11 is 0. The lowest BCUT2D eigenvalue weighted by Crippen LogP contribution is -2.35.